The normalized spacial score (nSPS) is 16.5. The first-order valence-electron chi connectivity index (χ1n) is 8.39. The van der Waals surface area contributed by atoms with E-state index in [4.69, 9.17) is 5.73 Å². The molecular formula is C18H26IN5S. The molecule has 1 aromatic heterocycles. The molecule has 1 aromatic carbocycles. The van der Waals surface area contributed by atoms with Crippen LogP contribution in [0.2, 0.25) is 0 Å². The summed E-state index contributed by atoms with van der Waals surface area (Å²) in [5, 5.41) is 3.11. The summed E-state index contributed by atoms with van der Waals surface area (Å²) >= 11 is 1.69. The third-order valence-electron chi connectivity index (χ3n) is 4.43. The molecular weight excluding hydrogens is 445 g/mol. The minimum atomic E-state index is 0. The van der Waals surface area contributed by atoms with E-state index in [2.05, 4.69) is 57.9 Å². The van der Waals surface area contributed by atoms with Crippen LogP contribution in [0.4, 0.5) is 5.13 Å². The number of halogens is 1. The van der Waals surface area contributed by atoms with Crippen molar-refractivity contribution in [2.75, 3.05) is 37.6 Å². The molecule has 0 amide bonds. The standard InChI is InChI=1S/C18H25N5S.HI/c1-14-4-3-5-16(12-14)15(2)13-21-17(19)22-7-9-23(10-8-22)18-20-6-11-24-18;/h3-6,11-12,15H,7-10,13H2,1-2H3,(H2,19,21);1H. The fourth-order valence-electron chi connectivity index (χ4n) is 2.91. The average Bonchev–Trinajstić information content (AvgIpc) is 3.14. The predicted octanol–water partition coefficient (Wildman–Crippen LogP) is 3.31. The molecule has 7 heteroatoms. The molecule has 1 saturated heterocycles. The van der Waals surface area contributed by atoms with E-state index in [-0.39, 0.29) is 24.0 Å². The number of piperazine rings is 1. The van der Waals surface area contributed by atoms with E-state index < -0.39 is 0 Å². The molecule has 1 unspecified atom stereocenters. The van der Waals surface area contributed by atoms with Crippen molar-refractivity contribution in [3.05, 3.63) is 47.0 Å². The lowest BCUT2D eigenvalue weighted by Crippen LogP contribution is -2.51. The molecule has 2 N–H and O–H groups in total. The third kappa shape index (κ3) is 5.31. The minimum absolute atomic E-state index is 0. The number of nitrogens with zero attached hydrogens (tertiary/aromatic N) is 4. The summed E-state index contributed by atoms with van der Waals surface area (Å²) in [7, 11) is 0. The number of aryl methyl sites for hydroxylation is 1. The maximum Gasteiger partial charge on any atom is 0.191 e. The lowest BCUT2D eigenvalue weighted by Gasteiger charge is -2.35. The highest BCUT2D eigenvalue weighted by Crippen LogP contribution is 2.19. The summed E-state index contributed by atoms with van der Waals surface area (Å²) in [6, 6.07) is 8.61. The summed E-state index contributed by atoms with van der Waals surface area (Å²) in [5.41, 5.74) is 8.82. The molecule has 136 valence electrons. The molecule has 1 aliphatic rings. The fraction of sp³-hybridized carbons (Fsp3) is 0.444. The largest absolute Gasteiger partial charge is 0.370 e. The fourth-order valence-corrected chi connectivity index (χ4v) is 3.61. The van der Waals surface area contributed by atoms with Crippen LogP contribution >= 0.6 is 35.3 Å². The van der Waals surface area contributed by atoms with Gasteiger partial charge in [0.1, 0.15) is 0 Å². The van der Waals surface area contributed by atoms with Crippen molar-refractivity contribution >= 4 is 46.4 Å². The predicted molar refractivity (Wildman–Crippen MR) is 117 cm³/mol. The van der Waals surface area contributed by atoms with Crippen LogP contribution < -0.4 is 10.6 Å². The molecule has 1 fully saturated rings. The number of aromatic nitrogens is 1. The Morgan fingerprint density at radius 1 is 1.32 bits per heavy atom. The summed E-state index contributed by atoms with van der Waals surface area (Å²) in [6.45, 7) is 8.72. The number of hydrogen-bond acceptors (Lipinski definition) is 4. The van der Waals surface area contributed by atoms with Gasteiger partial charge in [0, 0.05) is 50.2 Å². The van der Waals surface area contributed by atoms with Crippen LogP contribution in [0.3, 0.4) is 0 Å². The molecule has 0 radical (unpaired) electrons. The van der Waals surface area contributed by atoms with Crippen LogP contribution in [0.15, 0.2) is 40.8 Å². The zero-order valence-corrected chi connectivity index (χ0v) is 17.9. The lowest BCUT2D eigenvalue weighted by molar-refractivity contribution is 0.380. The highest BCUT2D eigenvalue weighted by molar-refractivity contribution is 14.0. The number of nitrogens with two attached hydrogens (primary N) is 1. The third-order valence-corrected chi connectivity index (χ3v) is 5.26. The van der Waals surface area contributed by atoms with Crippen LogP contribution in [0.25, 0.3) is 0 Å². The van der Waals surface area contributed by atoms with Crippen LogP contribution in [0.1, 0.15) is 24.0 Å². The van der Waals surface area contributed by atoms with E-state index in [1.54, 1.807) is 11.3 Å². The molecule has 2 heterocycles. The molecule has 0 bridgehead atoms. The number of anilines is 1. The van der Waals surface area contributed by atoms with Gasteiger partial charge in [-0.1, -0.05) is 36.8 Å². The average molecular weight is 471 g/mol. The maximum atomic E-state index is 6.21. The first kappa shape index (κ1) is 20.0. The Balaban J connectivity index is 0.00000225. The maximum absolute atomic E-state index is 6.21. The van der Waals surface area contributed by atoms with Crippen molar-refractivity contribution in [3.63, 3.8) is 0 Å². The summed E-state index contributed by atoms with van der Waals surface area (Å²) in [4.78, 5) is 13.5. The van der Waals surface area contributed by atoms with E-state index in [1.165, 1.54) is 11.1 Å². The topological polar surface area (TPSA) is 57.8 Å². The second-order valence-corrected chi connectivity index (χ2v) is 7.18. The van der Waals surface area contributed by atoms with Gasteiger partial charge in [-0.2, -0.15) is 0 Å². The van der Waals surface area contributed by atoms with Gasteiger partial charge in [-0.25, -0.2) is 4.98 Å². The zero-order chi connectivity index (χ0) is 16.9. The van der Waals surface area contributed by atoms with Gasteiger partial charge in [-0.05, 0) is 12.5 Å². The molecule has 3 rings (SSSR count). The van der Waals surface area contributed by atoms with E-state index in [0.717, 1.165) is 37.9 Å². The van der Waals surface area contributed by atoms with E-state index in [1.807, 2.05) is 11.6 Å². The van der Waals surface area contributed by atoms with Crippen molar-refractivity contribution in [1.29, 1.82) is 0 Å². The minimum Gasteiger partial charge on any atom is -0.370 e. The van der Waals surface area contributed by atoms with Crippen LogP contribution in [0, 0.1) is 6.92 Å². The monoisotopic (exact) mass is 471 g/mol. The Bertz CT molecular complexity index is 681. The molecule has 1 atom stereocenters. The molecule has 2 aromatic rings. The van der Waals surface area contributed by atoms with E-state index in [9.17, 15) is 0 Å². The molecule has 0 saturated carbocycles. The van der Waals surface area contributed by atoms with Gasteiger partial charge in [0.25, 0.3) is 0 Å². The van der Waals surface area contributed by atoms with Gasteiger partial charge < -0.3 is 15.5 Å². The molecule has 0 spiro atoms. The smallest absolute Gasteiger partial charge is 0.191 e. The molecule has 1 aliphatic heterocycles. The first-order valence-corrected chi connectivity index (χ1v) is 9.27. The molecule has 5 nitrogen and oxygen atoms in total. The number of hydrogen-bond donors (Lipinski definition) is 1. The second-order valence-electron chi connectivity index (χ2n) is 6.30. The van der Waals surface area contributed by atoms with Crippen molar-refractivity contribution in [1.82, 2.24) is 9.88 Å². The first-order chi connectivity index (χ1) is 11.6. The highest BCUT2D eigenvalue weighted by Gasteiger charge is 2.19. The Labute approximate surface area is 171 Å². The van der Waals surface area contributed by atoms with Gasteiger partial charge in [0.05, 0.1) is 0 Å². The Morgan fingerprint density at radius 3 is 2.72 bits per heavy atom. The number of benzene rings is 1. The second kappa shape index (κ2) is 9.38. The van der Waals surface area contributed by atoms with Gasteiger partial charge in [0.15, 0.2) is 11.1 Å². The van der Waals surface area contributed by atoms with Gasteiger partial charge >= 0.3 is 0 Å². The number of thiazole rings is 1. The zero-order valence-electron chi connectivity index (χ0n) is 14.8. The van der Waals surface area contributed by atoms with Crippen molar-refractivity contribution in [3.8, 4) is 0 Å². The van der Waals surface area contributed by atoms with Crippen LogP contribution in [-0.2, 0) is 0 Å². The van der Waals surface area contributed by atoms with Gasteiger partial charge in [-0.3, -0.25) is 4.99 Å². The Hall–Kier alpha value is -1.35. The number of guanidine groups is 1. The van der Waals surface area contributed by atoms with Gasteiger partial charge in [0.2, 0.25) is 0 Å². The lowest BCUT2D eigenvalue weighted by atomic mass is 10.00. The van der Waals surface area contributed by atoms with Crippen molar-refractivity contribution < 1.29 is 0 Å². The SMILES string of the molecule is Cc1cccc(C(C)CN=C(N)N2CCN(c3nccs3)CC2)c1.I. The van der Waals surface area contributed by atoms with E-state index >= 15 is 0 Å². The van der Waals surface area contributed by atoms with E-state index in [0.29, 0.717) is 11.9 Å². The van der Waals surface area contributed by atoms with Gasteiger partial charge in [-0.15, -0.1) is 35.3 Å². The summed E-state index contributed by atoms with van der Waals surface area (Å²) in [5.74, 6) is 1.04. The molecule has 0 aliphatic carbocycles. The Kier molecular flexibility index (Phi) is 7.49. The number of aliphatic imine (C=N–C) groups is 1. The van der Waals surface area contributed by atoms with Crippen molar-refractivity contribution in [2.45, 2.75) is 19.8 Å². The summed E-state index contributed by atoms with van der Waals surface area (Å²) in [6.07, 6.45) is 1.86. The highest BCUT2D eigenvalue weighted by atomic mass is 127. The van der Waals surface area contributed by atoms with Crippen LogP contribution in [-0.4, -0.2) is 48.6 Å². The van der Waals surface area contributed by atoms with Crippen molar-refractivity contribution in [2.24, 2.45) is 10.7 Å². The summed E-state index contributed by atoms with van der Waals surface area (Å²) < 4.78 is 0. The van der Waals surface area contributed by atoms with Crippen LogP contribution in [0.5, 0.6) is 0 Å². The Morgan fingerprint density at radius 2 is 2.08 bits per heavy atom. The number of rotatable bonds is 4. The quantitative estimate of drug-likeness (QED) is 0.423. The molecule has 25 heavy (non-hydrogen) atoms.